The Labute approximate surface area is 273 Å². The maximum absolute atomic E-state index is 14.3. The van der Waals surface area contributed by atoms with Crippen molar-refractivity contribution in [3.8, 4) is 11.5 Å². The number of carboxylic acid groups (broad SMARTS) is 2. The quantitative estimate of drug-likeness (QED) is 0.248. The third-order valence-electron chi connectivity index (χ3n) is 10.0. The summed E-state index contributed by atoms with van der Waals surface area (Å²) in [6.07, 6.45) is 2.04. The highest BCUT2D eigenvalue weighted by atomic mass is 16.5. The molecule has 3 aromatic carbocycles. The Kier molecular flexibility index (Phi) is 7.38. The lowest BCUT2D eigenvalue weighted by Crippen LogP contribution is -2.43. The smallest absolute Gasteiger partial charge is 0.335 e. The summed E-state index contributed by atoms with van der Waals surface area (Å²) in [4.78, 5) is 81.9. The normalized spacial score (nSPS) is 26.1. The summed E-state index contributed by atoms with van der Waals surface area (Å²) < 4.78 is 5.64. The molecular weight excluding hydrogens is 620 g/mol. The third kappa shape index (κ3) is 4.58. The van der Waals surface area contributed by atoms with E-state index in [4.69, 9.17) is 4.74 Å². The van der Waals surface area contributed by atoms with E-state index in [0.29, 0.717) is 11.1 Å². The van der Waals surface area contributed by atoms with E-state index in [1.165, 1.54) is 48.5 Å². The number of carbonyl (C=O) groups is 6. The molecule has 244 valence electrons. The number of allylic oxidation sites excluding steroid dienone is 2. The highest BCUT2D eigenvalue weighted by Crippen LogP contribution is 2.60. The molecule has 0 radical (unpaired) electrons. The van der Waals surface area contributed by atoms with Crippen LogP contribution in [0.25, 0.3) is 0 Å². The van der Waals surface area contributed by atoms with Crippen LogP contribution < -0.4 is 14.5 Å². The number of fused-ring (bicyclic) bond motifs is 4. The van der Waals surface area contributed by atoms with Gasteiger partial charge in [-0.1, -0.05) is 35.9 Å². The predicted molar refractivity (Wildman–Crippen MR) is 169 cm³/mol. The molecule has 3 N–H and O–H groups in total. The van der Waals surface area contributed by atoms with Crippen molar-refractivity contribution in [3.05, 3.63) is 95.1 Å². The van der Waals surface area contributed by atoms with Crippen molar-refractivity contribution in [1.29, 1.82) is 0 Å². The minimum absolute atomic E-state index is 0.0573. The molecule has 6 atom stereocenters. The molecule has 4 amide bonds. The maximum atomic E-state index is 14.3. The van der Waals surface area contributed by atoms with Gasteiger partial charge < -0.3 is 20.1 Å². The average Bonchev–Trinajstić information content (AvgIpc) is 3.48. The van der Waals surface area contributed by atoms with Gasteiger partial charge in [-0.15, -0.1) is 0 Å². The van der Waals surface area contributed by atoms with Crippen molar-refractivity contribution in [1.82, 2.24) is 0 Å². The van der Waals surface area contributed by atoms with E-state index in [2.05, 4.69) is 0 Å². The Morgan fingerprint density at radius 2 is 1.31 bits per heavy atom. The van der Waals surface area contributed by atoms with Crippen LogP contribution in [0, 0.1) is 29.6 Å². The van der Waals surface area contributed by atoms with Gasteiger partial charge in [-0.25, -0.2) is 9.59 Å². The largest absolute Gasteiger partial charge is 0.504 e. The molecule has 48 heavy (non-hydrogen) atoms. The lowest BCUT2D eigenvalue weighted by Gasteiger charge is -2.44. The summed E-state index contributed by atoms with van der Waals surface area (Å²) in [7, 11) is 0. The van der Waals surface area contributed by atoms with E-state index < -0.39 is 71.1 Å². The Balaban J connectivity index is 1.35. The number of aromatic hydroxyl groups is 1. The molecule has 2 aliphatic carbocycles. The second kappa shape index (κ2) is 11.5. The molecule has 0 spiro atoms. The van der Waals surface area contributed by atoms with Crippen molar-refractivity contribution in [3.63, 3.8) is 0 Å². The number of phenols is 1. The number of rotatable bonds is 7. The van der Waals surface area contributed by atoms with Crippen LogP contribution >= 0.6 is 0 Å². The molecule has 6 unspecified atom stereocenters. The van der Waals surface area contributed by atoms with E-state index in [0.717, 1.165) is 9.80 Å². The molecule has 12 heteroatoms. The molecule has 3 aromatic rings. The molecule has 0 aromatic heterocycles. The number of amides is 4. The number of ether oxygens (including phenoxy) is 1. The Morgan fingerprint density at radius 1 is 0.750 bits per heavy atom. The fraction of sp³-hybridized carbons (Fsp3) is 0.278. The van der Waals surface area contributed by atoms with E-state index in [-0.39, 0.29) is 53.4 Å². The van der Waals surface area contributed by atoms with Gasteiger partial charge in [0.1, 0.15) is 0 Å². The number of anilines is 2. The van der Waals surface area contributed by atoms with Crippen LogP contribution in [0.4, 0.5) is 11.4 Å². The zero-order valence-electron chi connectivity index (χ0n) is 25.6. The number of hydrogen-bond acceptors (Lipinski definition) is 8. The second-order valence-corrected chi connectivity index (χ2v) is 12.4. The van der Waals surface area contributed by atoms with Crippen LogP contribution in [0.5, 0.6) is 11.5 Å². The SMILES string of the molecule is CCOc1cccc(C2C3=CCC4C(=O)N(c5cccc(C(=O)O)c5)C(=O)C4C3CC3C(=O)N(c4cccc(C(=O)O)c4)C(=O)C32)c1O. The molecule has 7 rings (SSSR count). The molecule has 2 saturated heterocycles. The first-order valence-electron chi connectivity index (χ1n) is 15.6. The van der Waals surface area contributed by atoms with Crippen molar-refractivity contribution < 1.29 is 48.8 Å². The molecule has 0 bridgehead atoms. The zero-order valence-corrected chi connectivity index (χ0v) is 25.6. The molecule has 1 saturated carbocycles. The molecule has 12 nitrogen and oxygen atoms in total. The third-order valence-corrected chi connectivity index (χ3v) is 10.0. The monoisotopic (exact) mass is 650 g/mol. The zero-order chi connectivity index (χ0) is 34.0. The second-order valence-electron chi connectivity index (χ2n) is 12.4. The first kappa shape index (κ1) is 30.9. The van der Waals surface area contributed by atoms with Crippen LogP contribution in [0.3, 0.4) is 0 Å². The van der Waals surface area contributed by atoms with Crippen LogP contribution in [0.15, 0.2) is 78.4 Å². The number of phenolic OH excluding ortho intramolecular Hbond substituents is 1. The number of imide groups is 2. The Bertz CT molecular complexity index is 1970. The van der Waals surface area contributed by atoms with E-state index in [1.807, 2.05) is 6.08 Å². The van der Waals surface area contributed by atoms with Crippen molar-refractivity contribution in [2.24, 2.45) is 29.6 Å². The molecule has 4 aliphatic rings. The summed E-state index contributed by atoms with van der Waals surface area (Å²) in [5.41, 5.74) is 1.00. The number of nitrogens with zero attached hydrogens (tertiary/aromatic N) is 2. The van der Waals surface area contributed by atoms with Crippen LogP contribution in [0.2, 0.25) is 0 Å². The van der Waals surface area contributed by atoms with Crippen LogP contribution in [-0.4, -0.2) is 57.5 Å². The lowest BCUT2D eigenvalue weighted by molar-refractivity contribution is -0.126. The van der Waals surface area contributed by atoms with Gasteiger partial charge in [-0.3, -0.25) is 29.0 Å². The standard InChI is InChI=1S/C36H30N2O10/c1-2-48-26-11-5-10-22(30(26)39)27-21-12-13-23-28(33(42)37(31(23)40)19-8-3-6-17(14-19)35(44)45)24(21)16-25-29(27)34(43)38(32(25)41)20-9-4-7-18(15-20)36(46)47/h3-12,14-15,23-25,27-29,39H,2,13,16H2,1H3,(H,44,45)(H,46,47). The van der Waals surface area contributed by atoms with Crippen molar-refractivity contribution in [2.45, 2.75) is 25.7 Å². The van der Waals surface area contributed by atoms with Gasteiger partial charge in [0.15, 0.2) is 11.5 Å². The minimum atomic E-state index is -1.23. The summed E-state index contributed by atoms with van der Waals surface area (Å²) in [5.74, 6) is -9.80. The number of carbonyl (C=O) groups excluding carboxylic acids is 4. The number of carboxylic acids is 2. The Hall–Kier alpha value is -5.78. The minimum Gasteiger partial charge on any atom is -0.504 e. The van der Waals surface area contributed by atoms with Gasteiger partial charge in [0.2, 0.25) is 23.6 Å². The first-order chi connectivity index (χ1) is 23.0. The summed E-state index contributed by atoms with van der Waals surface area (Å²) in [6, 6.07) is 16.0. The summed E-state index contributed by atoms with van der Waals surface area (Å²) in [6.45, 7) is 2.01. The number of aromatic carboxylic acids is 2. The Morgan fingerprint density at radius 3 is 1.90 bits per heavy atom. The highest BCUT2D eigenvalue weighted by Gasteiger charge is 2.62. The van der Waals surface area contributed by atoms with Gasteiger partial charge in [0, 0.05) is 11.5 Å². The molecule has 2 heterocycles. The van der Waals surface area contributed by atoms with E-state index >= 15 is 0 Å². The van der Waals surface area contributed by atoms with Crippen LogP contribution in [0.1, 0.15) is 52.0 Å². The topological polar surface area (TPSA) is 179 Å². The van der Waals surface area contributed by atoms with Crippen molar-refractivity contribution in [2.75, 3.05) is 16.4 Å². The first-order valence-corrected chi connectivity index (χ1v) is 15.6. The fourth-order valence-electron chi connectivity index (χ4n) is 8.06. The van der Waals surface area contributed by atoms with Crippen molar-refractivity contribution >= 4 is 46.9 Å². The maximum Gasteiger partial charge on any atom is 0.335 e. The number of hydrogen-bond donors (Lipinski definition) is 3. The molecule has 2 aliphatic heterocycles. The van der Waals surface area contributed by atoms with Gasteiger partial charge >= 0.3 is 11.9 Å². The molecular formula is C36H30N2O10. The summed E-state index contributed by atoms with van der Waals surface area (Å²) in [5, 5.41) is 30.5. The van der Waals surface area contributed by atoms with Gasteiger partial charge in [0.05, 0.1) is 52.8 Å². The molecule has 3 fully saturated rings. The van der Waals surface area contributed by atoms with Crippen LogP contribution in [-0.2, 0) is 19.2 Å². The van der Waals surface area contributed by atoms with Gasteiger partial charge in [-0.2, -0.15) is 0 Å². The van der Waals surface area contributed by atoms with E-state index in [1.54, 1.807) is 25.1 Å². The predicted octanol–water partition coefficient (Wildman–Crippen LogP) is 4.23. The fourth-order valence-corrected chi connectivity index (χ4v) is 8.06. The van der Waals surface area contributed by atoms with E-state index in [9.17, 15) is 44.1 Å². The number of benzene rings is 3. The summed E-state index contributed by atoms with van der Waals surface area (Å²) >= 11 is 0. The van der Waals surface area contributed by atoms with Gasteiger partial charge in [0.25, 0.3) is 0 Å². The highest BCUT2D eigenvalue weighted by molar-refractivity contribution is 6.24. The number of para-hydroxylation sites is 1. The average molecular weight is 651 g/mol. The lowest BCUT2D eigenvalue weighted by atomic mass is 9.57. The van der Waals surface area contributed by atoms with Gasteiger partial charge in [-0.05, 0) is 68.1 Å².